The van der Waals surface area contributed by atoms with Gasteiger partial charge in [-0.2, -0.15) is 0 Å². The van der Waals surface area contributed by atoms with Crippen LogP contribution in [0.2, 0.25) is 0 Å². The number of aliphatic hydroxyl groups excluding tert-OH is 1. The normalized spacial score (nSPS) is 29.8. The molecule has 0 aromatic carbocycles. The molecule has 0 spiro atoms. The van der Waals surface area contributed by atoms with Crippen molar-refractivity contribution >= 4 is 0 Å². The monoisotopic (exact) mass is 241 g/mol. The molecule has 3 nitrogen and oxygen atoms in total. The van der Waals surface area contributed by atoms with E-state index in [9.17, 15) is 5.11 Å². The van der Waals surface area contributed by atoms with Gasteiger partial charge in [0, 0.05) is 19.7 Å². The number of likely N-dealkylation sites (N-methyl/N-ethyl adjacent to an activating group) is 1. The van der Waals surface area contributed by atoms with Gasteiger partial charge in [-0.1, -0.05) is 12.8 Å². The summed E-state index contributed by atoms with van der Waals surface area (Å²) >= 11 is 0. The Morgan fingerprint density at radius 3 is 2.65 bits per heavy atom. The molecule has 0 radical (unpaired) electrons. The summed E-state index contributed by atoms with van der Waals surface area (Å²) in [6, 6.07) is 0. The fourth-order valence-corrected chi connectivity index (χ4v) is 2.65. The van der Waals surface area contributed by atoms with Crippen LogP contribution >= 0.6 is 0 Å². The molecule has 2 unspecified atom stereocenters. The first kappa shape index (κ1) is 13.3. The smallest absolute Gasteiger partial charge is 0.0593 e. The van der Waals surface area contributed by atoms with Gasteiger partial charge >= 0.3 is 0 Å². The number of ether oxygens (including phenoxy) is 1. The van der Waals surface area contributed by atoms with E-state index in [0.29, 0.717) is 5.92 Å². The predicted molar refractivity (Wildman–Crippen MR) is 69.0 cm³/mol. The van der Waals surface area contributed by atoms with E-state index < -0.39 is 0 Å². The lowest BCUT2D eigenvalue weighted by molar-refractivity contribution is 0.0418. The van der Waals surface area contributed by atoms with Gasteiger partial charge in [0.05, 0.1) is 12.7 Å². The first-order valence-electron chi connectivity index (χ1n) is 7.20. The molecule has 2 saturated carbocycles. The second-order valence-corrected chi connectivity index (χ2v) is 5.89. The average molecular weight is 241 g/mol. The molecule has 2 rings (SSSR count). The Labute approximate surface area is 105 Å². The number of hydrogen-bond acceptors (Lipinski definition) is 3. The summed E-state index contributed by atoms with van der Waals surface area (Å²) in [5.74, 6) is 1.35. The van der Waals surface area contributed by atoms with Crippen molar-refractivity contribution < 1.29 is 9.84 Å². The van der Waals surface area contributed by atoms with Crippen LogP contribution < -0.4 is 0 Å². The van der Waals surface area contributed by atoms with E-state index in [1.54, 1.807) is 0 Å². The van der Waals surface area contributed by atoms with Gasteiger partial charge in [0.15, 0.2) is 0 Å². The number of rotatable bonds is 7. The van der Waals surface area contributed by atoms with E-state index in [1.165, 1.54) is 32.1 Å². The highest BCUT2D eigenvalue weighted by atomic mass is 16.5. The third-order valence-corrected chi connectivity index (χ3v) is 4.08. The van der Waals surface area contributed by atoms with E-state index in [1.807, 2.05) is 0 Å². The highest BCUT2D eigenvalue weighted by molar-refractivity contribution is 4.76. The highest BCUT2D eigenvalue weighted by Crippen LogP contribution is 2.28. The Kier molecular flexibility index (Phi) is 5.26. The van der Waals surface area contributed by atoms with E-state index >= 15 is 0 Å². The number of nitrogens with zero attached hydrogens (tertiary/aromatic N) is 1. The lowest BCUT2D eigenvalue weighted by Gasteiger charge is -2.31. The fraction of sp³-hybridized carbons (Fsp3) is 1.00. The Hall–Kier alpha value is -0.120. The van der Waals surface area contributed by atoms with E-state index in [0.717, 1.165) is 38.6 Å². The van der Waals surface area contributed by atoms with E-state index in [4.69, 9.17) is 4.74 Å². The molecule has 2 atom stereocenters. The minimum Gasteiger partial charge on any atom is -0.393 e. The molecule has 0 heterocycles. The first-order chi connectivity index (χ1) is 8.25. The molecule has 0 aliphatic heterocycles. The van der Waals surface area contributed by atoms with E-state index in [2.05, 4.69) is 11.9 Å². The number of hydrogen-bond donors (Lipinski definition) is 1. The largest absolute Gasteiger partial charge is 0.393 e. The quantitative estimate of drug-likeness (QED) is 0.691. The van der Waals surface area contributed by atoms with Gasteiger partial charge in [-0.15, -0.1) is 0 Å². The van der Waals surface area contributed by atoms with Crippen molar-refractivity contribution in [3.63, 3.8) is 0 Å². The molecule has 100 valence electrons. The van der Waals surface area contributed by atoms with Crippen LogP contribution in [0, 0.1) is 11.8 Å². The van der Waals surface area contributed by atoms with Crippen LogP contribution in [-0.2, 0) is 4.74 Å². The lowest BCUT2D eigenvalue weighted by Crippen LogP contribution is -2.36. The molecule has 3 heteroatoms. The molecule has 2 aliphatic carbocycles. The Bertz CT molecular complexity index is 218. The summed E-state index contributed by atoms with van der Waals surface area (Å²) in [7, 11) is 2.14. The molecule has 0 saturated heterocycles. The standard InChI is InChI=1S/C14H27NO2/c1-15(8-9-17-11-12-6-7-12)10-13-4-2-3-5-14(13)16/h12-14,16H,2-11H2,1H3. The molecule has 17 heavy (non-hydrogen) atoms. The Balaban J connectivity index is 1.53. The maximum absolute atomic E-state index is 9.91. The minimum atomic E-state index is -0.0708. The summed E-state index contributed by atoms with van der Waals surface area (Å²) in [6.45, 7) is 3.82. The topological polar surface area (TPSA) is 32.7 Å². The summed E-state index contributed by atoms with van der Waals surface area (Å²) < 4.78 is 5.64. The molecular formula is C14H27NO2. The third-order valence-electron chi connectivity index (χ3n) is 4.08. The number of aliphatic hydroxyl groups is 1. The highest BCUT2D eigenvalue weighted by Gasteiger charge is 2.24. The van der Waals surface area contributed by atoms with Crippen LogP contribution in [0.15, 0.2) is 0 Å². The molecule has 1 N–H and O–H groups in total. The van der Waals surface area contributed by atoms with Gasteiger partial charge in [0.1, 0.15) is 0 Å². The van der Waals surface area contributed by atoms with Crippen LogP contribution in [0.5, 0.6) is 0 Å². The van der Waals surface area contributed by atoms with Crippen molar-refractivity contribution in [1.29, 1.82) is 0 Å². The second-order valence-electron chi connectivity index (χ2n) is 5.89. The van der Waals surface area contributed by atoms with Gasteiger partial charge in [-0.05, 0) is 44.6 Å². The van der Waals surface area contributed by atoms with Crippen LogP contribution in [0.25, 0.3) is 0 Å². The second kappa shape index (κ2) is 6.72. The van der Waals surface area contributed by atoms with Crippen molar-refractivity contribution in [2.45, 2.75) is 44.6 Å². The molecule has 0 bridgehead atoms. The van der Waals surface area contributed by atoms with E-state index in [-0.39, 0.29) is 6.10 Å². The van der Waals surface area contributed by atoms with Crippen LogP contribution in [-0.4, -0.2) is 49.5 Å². The Morgan fingerprint density at radius 2 is 1.94 bits per heavy atom. The van der Waals surface area contributed by atoms with Gasteiger partial charge in [-0.25, -0.2) is 0 Å². The zero-order chi connectivity index (χ0) is 12.1. The van der Waals surface area contributed by atoms with Crippen molar-refractivity contribution in [1.82, 2.24) is 4.90 Å². The van der Waals surface area contributed by atoms with Crippen molar-refractivity contribution in [3.05, 3.63) is 0 Å². The first-order valence-corrected chi connectivity index (χ1v) is 7.20. The van der Waals surface area contributed by atoms with Gasteiger partial charge in [0.2, 0.25) is 0 Å². The average Bonchev–Trinajstić information content (AvgIpc) is 3.12. The Morgan fingerprint density at radius 1 is 1.18 bits per heavy atom. The zero-order valence-electron chi connectivity index (χ0n) is 11.1. The van der Waals surface area contributed by atoms with Crippen molar-refractivity contribution in [2.75, 3.05) is 33.4 Å². The summed E-state index contributed by atoms with van der Waals surface area (Å²) in [5, 5.41) is 9.91. The van der Waals surface area contributed by atoms with Crippen LogP contribution in [0.4, 0.5) is 0 Å². The lowest BCUT2D eigenvalue weighted by atomic mass is 9.86. The van der Waals surface area contributed by atoms with Gasteiger partial charge in [-0.3, -0.25) is 0 Å². The fourth-order valence-electron chi connectivity index (χ4n) is 2.65. The SMILES string of the molecule is CN(CCOCC1CC1)CC1CCCCC1O. The maximum Gasteiger partial charge on any atom is 0.0593 e. The molecule has 0 aromatic heterocycles. The summed E-state index contributed by atoms with van der Waals surface area (Å²) in [4.78, 5) is 2.31. The predicted octanol–water partition coefficient (Wildman–Crippen LogP) is 1.90. The molecular weight excluding hydrogens is 214 g/mol. The van der Waals surface area contributed by atoms with Crippen LogP contribution in [0.1, 0.15) is 38.5 Å². The zero-order valence-corrected chi connectivity index (χ0v) is 11.1. The third kappa shape index (κ3) is 4.94. The molecule has 0 amide bonds. The van der Waals surface area contributed by atoms with Crippen LogP contribution in [0.3, 0.4) is 0 Å². The minimum absolute atomic E-state index is 0.0708. The van der Waals surface area contributed by atoms with Crippen molar-refractivity contribution in [2.24, 2.45) is 11.8 Å². The molecule has 0 aromatic rings. The summed E-state index contributed by atoms with van der Waals surface area (Å²) in [5.41, 5.74) is 0. The van der Waals surface area contributed by atoms with Crippen molar-refractivity contribution in [3.8, 4) is 0 Å². The van der Waals surface area contributed by atoms with Gasteiger partial charge in [0.25, 0.3) is 0 Å². The van der Waals surface area contributed by atoms with Gasteiger partial charge < -0.3 is 14.7 Å². The molecule has 2 aliphatic rings. The summed E-state index contributed by atoms with van der Waals surface area (Å²) in [6.07, 6.45) is 7.33. The molecule has 2 fully saturated rings. The maximum atomic E-state index is 9.91.